The average molecular weight is 373 g/mol. The highest BCUT2D eigenvalue weighted by molar-refractivity contribution is 6.32. The molecule has 136 valence electrons. The van der Waals surface area contributed by atoms with Gasteiger partial charge in [0.05, 0.1) is 16.3 Å². The van der Waals surface area contributed by atoms with Crippen molar-refractivity contribution < 1.29 is 14.3 Å². The van der Waals surface area contributed by atoms with Gasteiger partial charge in [-0.3, -0.25) is 9.59 Å². The Bertz CT molecular complexity index is 803. The molecule has 0 spiro atoms. The van der Waals surface area contributed by atoms with Gasteiger partial charge in [0.1, 0.15) is 5.75 Å². The van der Waals surface area contributed by atoms with E-state index in [1.165, 1.54) is 0 Å². The van der Waals surface area contributed by atoms with Crippen LogP contribution in [0.25, 0.3) is 0 Å². The lowest BCUT2D eigenvalue weighted by molar-refractivity contribution is -0.122. The molecule has 1 atom stereocenters. The summed E-state index contributed by atoms with van der Waals surface area (Å²) >= 11 is 6.07. The zero-order valence-electron chi connectivity index (χ0n) is 14.6. The van der Waals surface area contributed by atoms with Gasteiger partial charge in [-0.05, 0) is 44.0 Å². The van der Waals surface area contributed by atoms with Crippen LogP contribution in [0.1, 0.15) is 30.1 Å². The highest BCUT2D eigenvalue weighted by atomic mass is 35.5. The maximum Gasteiger partial charge on any atom is 0.265 e. The predicted molar refractivity (Wildman–Crippen MR) is 102 cm³/mol. The van der Waals surface area contributed by atoms with Gasteiger partial charge in [-0.15, -0.1) is 0 Å². The summed E-state index contributed by atoms with van der Waals surface area (Å²) in [6, 6.07) is 14.0. The van der Waals surface area contributed by atoms with Crippen LogP contribution in [-0.4, -0.2) is 35.9 Å². The summed E-state index contributed by atoms with van der Waals surface area (Å²) in [6.45, 7) is 3.16. The van der Waals surface area contributed by atoms with Crippen LogP contribution in [0, 0.1) is 0 Å². The summed E-state index contributed by atoms with van der Waals surface area (Å²) < 4.78 is 5.64. The van der Waals surface area contributed by atoms with E-state index in [1.54, 1.807) is 55.5 Å². The molecular weight excluding hydrogens is 352 g/mol. The Kier molecular flexibility index (Phi) is 5.78. The number of anilines is 1. The molecule has 5 nitrogen and oxygen atoms in total. The van der Waals surface area contributed by atoms with Gasteiger partial charge < -0.3 is 15.0 Å². The highest BCUT2D eigenvalue weighted by Crippen LogP contribution is 2.25. The fraction of sp³-hybridized carbons (Fsp3) is 0.300. The minimum Gasteiger partial charge on any atom is -0.479 e. The van der Waals surface area contributed by atoms with Crippen LogP contribution < -0.4 is 10.1 Å². The quantitative estimate of drug-likeness (QED) is 0.863. The van der Waals surface area contributed by atoms with Gasteiger partial charge in [0.25, 0.3) is 11.8 Å². The highest BCUT2D eigenvalue weighted by Gasteiger charge is 2.23. The fourth-order valence-electron chi connectivity index (χ4n) is 2.89. The second-order valence-corrected chi connectivity index (χ2v) is 6.63. The van der Waals surface area contributed by atoms with E-state index in [1.807, 2.05) is 4.90 Å². The molecule has 2 aromatic carbocycles. The third-order valence-electron chi connectivity index (χ3n) is 4.32. The number of amides is 2. The minimum atomic E-state index is -0.759. The topological polar surface area (TPSA) is 58.6 Å². The minimum absolute atomic E-state index is 0.0573. The zero-order chi connectivity index (χ0) is 18.5. The van der Waals surface area contributed by atoms with Gasteiger partial charge in [-0.2, -0.15) is 0 Å². The summed E-state index contributed by atoms with van der Waals surface area (Å²) in [4.78, 5) is 27.0. The molecule has 1 aliphatic rings. The first-order valence-corrected chi connectivity index (χ1v) is 9.04. The number of likely N-dealkylation sites (tertiary alicyclic amines) is 1. The van der Waals surface area contributed by atoms with E-state index >= 15 is 0 Å². The summed E-state index contributed by atoms with van der Waals surface area (Å²) in [5.41, 5.74) is 0.983. The summed E-state index contributed by atoms with van der Waals surface area (Å²) in [7, 11) is 0. The number of para-hydroxylation sites is 2. The van der Waals surface area contributed by atoms with Crippen molar-refractivity contribution in [1.82, 2.24) is 4.90 Å². The van der Waals surface area contributed by atoms with Gasteiger partial charge in [-0.25, -0.2) is 0 Å². The third kappa shape index (κ3) is 4.17. The number of benzene rings is 2. The van der Waals surface area contributed by atoms with Crippen molar-refractivity contribution in [1.29, 1.82) is 0 Å². The van der Waals surface area contributed by atoms with Crippen molar-refractivity contribution in [3.05, 3.63) is 59.1 Å². The Morgan fingerprint density at radius 2 is 1.73 bits per heavy atom. The molecule has 0 bridgehead atoms. The van der Waals surface area contributed by atoms with Crippen LogP contribution in [0.4, 0.5) is 5.69 Å². The first-order chi connectivity index (χ1) is 12.6. The molecule has 2 amide bonds. The van der Waals surface area contributed by atoms with Crippen molar-refractivity contribution in [2.75, 3.05) is 18.4 Å². The summed E-state index contributed by atoms with van der Waals surface area (Å²) in [5.74, 6) is 0.0444. The van der Waals surface area contributed by atoms with Gasteiger partial charge in [0.2, 0.25) is 0 Å². The molecule has 0 aliphatic carbocycles. The summed E-state index contributed by atoms with van der Waals surface area (Å²) in [5, 5.41) is 3.24. The van der Waals surface area contributed by atoms with Gasteiger partial charge in [0.15, 0.2) is 6.10 Å². The van der Waals surface area contributed by atoms with E-state index in [-0.39, 0.29) is 11.8 Å². The van der Waals surface area contributed by atoms with Crippen LogP contribution in [0.3, 0.4) is 0 Å². The van der Waals surface area contributed by atoms with Crippen LogP contribution >= 0.6 is 11.6 Å². The summed E-state index contributed by atoms with van der Waals surface area (Å²) in [6.07, 6.45) is 1.27. The number of hydrogen-bond acceptors (Lipinski definition) is 3. The molecule has 1 saturated heterocycles. The Morgan fingerprint density at radius 1 is 1.08 bits per heavy atom. The number of halogens is 1. The molecule has 2 aromatic rings. The monoisotopic (exact) mass is 372 g/mol. The van der Waals surface area contributed by atoms with Crippen LogP contribution in [0.5, 0.6) is 5.75 Å². The number of hydrogen-bond donors (Lipinski definition) is 1. The van der Waals surface area contributed by atoms with E-state index in [9.17, 15) is 9.59 Å². The molecule has 1 aliphatic heterocycles. The maximum absolute atomic E-state index is 12.7. The fourth-order valence-corrected chi connectivity index (χ4v) is 3.07. The van der Waals surface area contributed by atoms with Crippen LogP contribution in [0.15, 0.2) is 48.5 Å². The molecule has 1 heterocycles. The smallest absolute Gasteiger partial charge is 0.265 e. The third-order valence-corrected chi connectivity index (χ3v) is 4.63. The van der Waals surface area contributed by atoms with Crippen molar-refractivity contribution >= 4 is 29.1 Å². The number of carbonyl (C=O) groups excluding carboxylic acids is 2. The van der Waals surface area contributed by atoms with Crippen molar-refractivity contribution in [2.45, 2.75) is 25.9 Å². The zero-order valence-corrected chi connectivity index (χ0v) is 15.3. The molecule has 1 fully saturated rings. The molecule has 0 radical (unpaired) electrons. The number of carbonyl (C=O) groups is 2. The lowest BCUT2D eigenvalue weighted by atomic mass is 10.1. The van der Waals surface area contributed by atoms with Gasteiger partial charge >= 0.3 is 0 Å². The molecule has 3 rings (SSSR count). The van der Waals surface area contributed by atoms with Crippen LogP contribution in [0.2, 0.25) is 5.02 Å². The Balaban J connectivity index is 1.71. The Hall–Kier alpha value is -2.53. The van der Waals surface area contributed by atoms with E-state index in [0.717, 1.165) is 25.9 Å². The van der Waals surface area contributed by atoms with Crippen LogP contribution in [-0.2, 0) is 4.79 Å². The largest absolute Gasteiger partial charge is 0.479 e. The van der Waals surface area contributed by atoms with E-state index < -0.39 is 6.10 Å². The van der Waals surface area contributed by atoms with Gasteiger partial charge in [-0.1, -0.05) is 35.9 Å². The molecule has 26 heavy (non-hydrogen) atoms. The molecular formula is C20H21ClN2O3. The SMILES string of the molecule is C[C@@H](Oc1ccccc1Cl)C(=O)Nc1ccccc1C(=O)N1CCCC1. The lowest BCUT2D eigenvalue weighted by Gasteiger charge is -2.19. The normalized spacial score (nSPS) is 14.8. The van der Waals surface area contributed by atoms with Gasteiger partial charge in [0, 0.05) is 13.1 Å². The molecule has 0 unspecified atom stereocenters. The second kappa shape index (κ2) is 8.23. The molecule has 1 N–H and O–H groups in total. The standard InChI is InChI=1S/C20H21ClN2O3/c1-14(26-18-11-5-3-9-16(18)21)19(24)22-17-10-4-2-8-15(17)20(25)23-12-6-7-13-23/h2-5,8-11,14H,6-7,12-13H2,1H3,(H,22,24)/t14-/m1/s1. The Morgan fingerprint density at radius 3 is 2.46 bits per heavy atom. The predicted octanol–water partition coefficient (Wildman–Crippen LogP) is 3.98. The first kappa shape index (κ1) is 18.3. The second-order valence-electron chi connectivity index (χ2n) is 6.22. The average Bonchev–Trinajstić information content (AvgIpc) is 3.18. The lowest BCUT2D eigenvalue weighted by Crippen LogP contribution is -2.32. The van der Waals surface area contributed by atoms with Crippen molar-refractivity contribution in [2.24, 2.45) is 0 Å². The van der Waals surface area contributed by atoms with Crippen molar-refractivity contribution in [3.63, 3.8) is 0 Å². The number of nitrogens with one attached hydrogen (secondary N) is 1. The number of ether oxygens (including phenoxy) is 1. The van der Waals surface area contributed by atoms with Crippen molar-refractivity contribution in [3.8, 4) is 5.75 Å². The van der Waals surface area contributed by atoms with E-state index in [4.69, 9.17) is 16.3 Å². The van der Waals surface area contributed by atoms with E-state index in [0.29, 0.717) is 22.0 Å². The number of rotatable bonds is 5. The molecule has 0 saturated carbocycles. The maximum atomic E-state index is 12.7. The number of nitrogens with zero attached hydrogens (tertiary/aromatic N) is 1. The Labute approximate surface area is 157 Å². The molecule has 0 aromatic heterocycles. The molecule has 6 heteroatoms. The van der Waals surface area contributed by atoms with E-state index in [2.05, 4.69) is 5.32 Å². The first-order valence-electron chi connectivity index (χ1n) is 8.66.